The Bertz CT molecular complexity index is 494. The third-order valence-electron chi connectivity index (χ3n) is 2.66. The van der Waals surface area contributed by atoms with E-state index in [9.17, 15) is 14.3 Å². The van der Waals surface area contributed by atoms with Crippen molar-refractivity contribution in [2.24, 2.45) is 0 Å². The van der Waals surface area contributed by atoms with Gasteiger partial charge in [0.2, 0.25) is 0 Å². The molecule has 18 heavy (non-hydrogen) atoms. The average molecular weight is 261 g/mol. The fourth-order valence-corrected chi connectivity index (χ4v) is 1.80. The first-order chi connectivity index (χ1) is 8.56. The second kappa shape index (κ2) is 4.98. The molecule has 1 aliphatic rings. The minimum atomic E-state index is -1.11. The number of nitrogens with zero attached hydrogens (tertiary/aromatic N) is 2. The number of ether oxygens (including phenoxy) is 1. The summed E-state index contributed by atoms with van der Waals surface area (Å²) in [5.41, 5.74) is 0.549. The van der Waals surface area contributed by atoms with Crippen molar-refractivity contribution in [2.45, 2.75) is 24.9 Å². The van der Waals surface area contributed by atoms with Crippen LogP contribution < -0.4 is 11.2 Å². The van der Waals surface area contributed by atoms with Crippen molar-refractivity contribution in [3.8, 4) is 0 Å². The topological polar surface area (TPSA) is 117 Å². The molecule has 0 bridgehead atoms. The molecule has 1 aromatic heterocycles. The summed E-state index contributed by atoms with van der Waals surface area (Å²) in [4.78, 5) is 14.8. The summed E-state index contributed by atoms with van der Waals surface area (Å²) in [5.74, 6) is -1.58. The van der Waals surface area contributed by atoms with E-state index in [-0.39, 0.29) is 13.0 Å². The molecular formula is C9H12FN3O5. The number of hydrogen-bond donors (Lipinski definition) is 4. The van der Waals surface area contributed by atoms with Crippen LogP contribution in [0.3, 0.4) is 0 Å². The molecule has 9 heteroatoms. The van der Waals surface area contributed by atoms with Gasteiger partial charge in [-0.15, -0.1) is 0 Å². The van der Waals surface area contributed by atoms with Gasteiger partial charge in [-0.1, -0.05) is 0 Å². The first-order valence-electron chi connectivity index (χ1n) is 5.20. The van der Waals surface area contributed by atoms with E-state index in [0.717, 1.165) is 10.8 Å². The number of nitrogens with one attached hydrogen (secondary N) is 1. The molecule has 100 valence electrons. The lowest BCUT2D eigenvalue weighted by molar-refractivity contribution is -0.0534. The molecule has 4 N–H and O–H groups in total. The third kappa shape index (κ3) is 2.20. The summed E-state index contributed by atoms with van der Waals surface area (Å²) in [5, 5.41) is 27.1. The Kier molecular flexibility index (Phi) is 3.57. The molecule has 0 saturated carbocycles. The summed E-state index contributed by atoms with van der Waals surface area (Å²) in [7, 11) is 0. The van der Waals surface area contributed by atoms with Crippen LogP contribution >= 0.6 is 0 Å². The van der Waals surface area contributed by atoms with E-state index in [2.05, 4.69) is 4.98 Å². The van der Waals surface area contributed by atoms with Gasteiger partial charge in [0.15, 0.2) is 17.9 Å². The van der Waals surface area contributed by atoms with Crippen LogP contribution in [-0.2, 0) is 4.74 Å². The van der Waals surface area contributed by atoms with Crippen molar-refractivity contribution in [1.29, 1.82) is 0 Å². The van der Waals surface area contributed by atoms with Gasteiger partial charge in [-0.25, -0.2) is 14.7 Å². The van der Waals surface area contributed by atoms with Gasteiger partial charge in [0.25, 0.3) is 0 Å². The summed E-state index contributed by atoms with van der Waals surface area (Å²) in [6.45, 7) is -0.311. The quantitative estimate of drug-likeness (QED) is 0.506. The van der Waals surface area contributed by atoms with E-state index in [0.29, 0.717) is 0 Å². The molecule has 2 rings (SSSR count). The molecule has 0 aliphatic carbocycles. The van der Waals surface area contributed by atoms with Gasteiger partial charge in [0.1, 0.15) is 6.10 Å². The lowest BCUT2D eigenvalue weighted by Gasteiger charge is -2.17. The normalized spacial score (nSPS) is 27.4. The monoisotopic (exact) mass is 261 g/mol. The molecule has 0 aromatic carbocycles. The standard InChI is InChI=1S/C9H12FN3O5/c10-5-2-13(9(16)11-7(5)12-17)8-6(15)1-4(3-14)18-8/h2,4,6,8,14-15,17H,1,3H2,(H,11,12,16)/t4-,6+,8+/m1/s1. The van der Waals surface area contributed by atoms with E-state index in [4.69, 9.17) is 15.1 Å². The minimum absolute atomic E-state index is 0.134. The second-order valence-corrected chi connectivity index (χ2v) is 3.87. The number of halogens is 1. The average Bonchev–Trinajstić information content (AvgIpc) is 2.73. The Morgan fingerprint density at radius 2 is 2.39 bits per heavy atom. The lowest BCUT2D eigenvalue weighted by atomic mass is 10.2. The highest BCUT2D eigenvalue weighted by Crippen LogP contribution is 2.27. The molecule has 0 spiro atoms. The molecule has 0 amide bonds. The maximum absolute atomic E-state index is 13.4. The maximum atomic E-state index is 13.4. The van der Waals surface area contributed by atoms with Gasteiger partial charge in [-0.3, -0.25) is 9.77 Å². The molecular weight excluding hydrogens is 249 g/mol. The van der Waals surface area contributed by atoms with Gasteiger partial charge in [0.05, 0.1) is 18.9 Å². The van der Waals surface area contributed by atoms with Gasteiger partial charge >= 0.3 is 5.69 Å². The zero-order chi connectivity index (χ0) is 13.3. The lowest BCUT2D eigenvalue weighted by Crippen LogP contribution is -2.32. The maximum Gasteiger partial charge on any atom is 0.351 e. The van der Waals surface area contributed by atoms with Gasteiger partial charge < -0.3 is 14.9 Å². The van der Waals surface area contributed by atoms with Crippen molar-refractivity contribution in [3.63, 3.8) is 0 Å². The Balaban J connectivity index is 2.34. The summed E-state index contributed by atoms with van der Waals surface area (Å²) in [6, 6.07) is 0. The summed E-state index contributed by atoms with van der Waals surface area (Å²) < 4.78 is 19.3. The van der Waals surface area contributed by atoms with Gasteiger partial charge in [-0.2, -0.15) is 4.98 Å². The highest BCUT2D eigenvalue weighted by molar-refractivity contribution is 5.30. The van der Waals surface area contributed by atoms with Crippen LogP contribution in [0.15, 0.2) is 11.0 Å². The van der Waals surface area contributed by atoms with Crippen LogP contribution in [0.4, 0.5) is 10.2 Å². The predicted molar refractivity (Wildman–Crippen MR) is 55.5 cm³/mol. The SMILES string of the molecule is O=c1nc(NO)c(F)cn1[C@H]1O[C@@H](CO)C[C@@H]1O. The van der Waals surface area contributed by atoms with Crippen molar-refractivity contribution in [3.05, 3.63) is 22.5 Å². The zero-order valence-electron chi connectivity index (χ0n) is 9.15. The van der Waals surface area contributed by atoms with Gasteiger partial charge in [-0.05, 0) is 0 Å². The number of anilines is 1. The van der Waals surface area contributed by atoms with Crippen LogP contribution in [0.2, 0.25) is 0 Å². The summed E-state index contributed by atoms with van der Waals surface area (Å²) >= 11 is 0. The van der Waals surface area contributed by atoms with E-state index < -0.39 is 35.8 Å². The number of rotatable bonds is 3. The fraction of sp³-hybridized carbons (Fsp3) is 0.556. The van der Waals surface area contributed by atoms with E-state index in [1.807, 2.05) is 0 Å². The second-order valence-electron chi connectivity index (χ2n) is 3.87. The van der Waals surface area contributed by atoms with Crippen LogP contribution in [0.1, 0.15) is 12.6 Å². The molecule has 0 radical (unpaired) electrons. The molecule has 1 saturated heterocycles. The first-order valence-corrected chi connectivity index (χ1v) is 5.20. The Labute approximate surface area is 100 Å². The smallest absolute Gasteiger partial charge is 0.351 e. The van der Waals surface area contributed by atoms with Crippen LogP contribution in [0, 0.1) is 5.82 Å². The Morgan fingerprint density at radius 1 is 1.67 bits per heavy atom. The van der Waals surface area contributed by atoms with Gasteiger partial charge in [0, 0.05) is 6.42 Å². The molecule has 1 aliphatic heterocycles. The van der Waals surface area contributed by atoms with Crippen LogP contribution in [0.25, 0.3) is 0 Å². The van der Waals surface area contributed by atoms with Crippen molar-refractivity contribution >= 4 is 5.82 Å². The molecule has 3 atom stereocenters. The molecule has 0 unspecified atom stereocenters. The van der Waals surface area contributed by atoms with Crippen molar-refractivity contribution in [2.75, 3.05) is 12.1 Å². The highest BCUT2D eigenvalue weighted by Gasteiger charge is 2.35. The van der Waals surface area contributed by atoms with Crippen LogP contribution in [0.5, 0.6) is 0 Å². The van der Waals surface area contributed by atoms with E-state index >= 15 is 0 Å². The minimum Gasteiger partial charge on any atom is -0.394 e. The fourth-order valence-electron chi connectivity index (χ4n) is 1.80. The number of aromatic nitrogens is 2. The first kappa shape index (κ1) is 12.9. The molecule has 2 heterocycles. The number of aliphatic hydroxyl groups is 2. The molecule has 1 fully saturated rings. The Morgan fingerprint density at radius 3 is 2.94 bits per heavy atom. The van der Waals surface area contributed by atoms with Crippen molar-refractivity contribution < 1.29 is 24.5 Å². The predicted octanol–water partition coefficient (Wildman–Crippen LogP) is -1.18. The Hall–Kier alpha value is -1.55. The highest BCUT2D eigenvalue weighted by atomic mass is 19.1. The van der Waals surface area contributed by atoms with E-state index in [1.54, 1.807) is 0 Å². The molecule has 1 aromatic rings. The molecule has 8 nitrogen and oxygen atoms in total. The number of aliphatic hydroxyl groups excluding tert-OH is 2. The van der Waals surface area contributed by atoms with Crippen LogP contribution in [-0.4, -0.2) is 43.8 Å². The summed E-state index contributed by atoms with van der Waals surface area (Å²) in [6.07, 6.45) is -1.87. The largest absolute Gasteiger partial charge is 0.394 e. The third-order valence-corrected chi connectivity index (χ3v) is 2.66. The van der Waals surface area contributed by atoms with E-state index in [1.165, 1.54) is 5.48 Å². The number of hydrogen-bond acceptors (Lipinski definition) is 7. The zero-order valence-corrected chi connectivity index (χ0v) is 9.15. The van der Waals surface area contributed by atoms with Crippen molar-refractivity contribution in [1.82, 2.24) is 9.55 Å².